The Morgan fingerprint density at radius 1 is 0.347 bits per heavy atom. The predicted octanol–water partition coefficient (Wildman–Crippen LogP) is 32.0. The number of rotatable bonds is 1. The van der Waals surface area contributed by atoms with E-state index < -0.39 is 0 Å². The van der Waals surface area contributed by atoms with E-state index in [1.54, 1.807) is 89.9 Å². The fourth-order valence-electron chi connectivity index (χ4n) is 25.9. The van der Waals surface area contributed by atoms with Gasteiger partial charge in [-0.3, -0.25) is 0 Å². The molecule has 0 aromatic rings. The second kappa shape index (κ2) is 35.2. The third-order valence-electron chi connectivity index (χ3n) is 32.0. The van der Waals surface area contributed by atoms with Crippen molar-refractivity contribution in [2.75, 3.05) is 0 Å². The second-order valence-electron chi connectivity index (χ2n) is 45.4. The maximum Gasteiger partial charge on any atom is 0.0294 e. The Kier molecular flexibility index (Phi) is 29.9. The fraction of sp³-hybridized carbons (Fsp3) is 1.00. The van der Waals surface area contributed by atoms with Crippen LogP contribution in [0.25, 0.3) is 0 Å². The van der Waals surface area contributed by atoms with Crippen LogP contribution in [0.1, 0.15) is 462 Å². The minimum Gasteiger partial charge on any atom is -0.0649 e. The normalized spacial score (nSPS) is 37.8. The van der Waals surface area contributed by atoms with Crippen LogP contribution in [0.3, 0.4) is 0 Å². The van der Waals surface area contributed by atoms with Gasteiger partial charge in [0.1, 0.15) is 0 Å². The lowest BCUT2D eigenvalue weighted by Crippen LogP contribution is -2.45. The van der Waals surface area contributed by atoms with E-state index in [0.717, 1.165) is 105 Å². The van der Waals surface area contributed by atoms with Crippen LogP contribution in [0.15, 0.2) is 0 Å². The van der Waals surface area contributed by atoms with E-state index in [2.05, 4.69) is 138 Å². The molecule has 18 aliphatic rings. The molecule has 0 saturated heterocycles. The topological polar surface area (TPSA) is 0 Å². The Morgan fingerprint density at radius 3 is 0.905 bits per heavy atom. The summed E-state index contributed by atoms with van der Waals surface area (Å²) in [6, 6.07) is 0. The van der Waals surface area contributed by atoms with E-state index in [0.29, 0.717) is 32.5 Å². The first-order valence-electron chi connectivity index (χ1n) is 44.6. The first-order valence-corrected chi connectivity index (χ1v) is 44.1. The van der Waals surface area contributed by atoms with Gasteiger partial charge in [0, 0.05) is 1.37 Å². The number of hydrogen-bond acceptors (Lipinski definition) is 0. The van der Waals surface area contributed by atoms with Gasteiger partial charge in [0.2, 0.25) is 0 Å². The molecule has 4 spiro atoms. The summed E-state index contributed by atoms with van der Waals surface area (Å²) in [6.07, 6.45) is 71.7. The molecule has 18 rings (SSSR count). The minimum absolute atomic E-state index is 0.250. The molecular weight excluding hydrogens is 1140 g/mol. The Labute approximate surface area is 601 Å². The molecule has 8 bridgehead atoms. The first kappa shape index (κ1) is 80.7. The van der Waals surface area contributed by atoms with Crippen LogP contribution in [0, 0.1) is 143 Å². The van der Waals surface area contributed by atoms with Crippen LogP contribution >= 0.6 is 0 Å². The van der Waals surface area contributed by atoms with Crippen molar-refractivity contribution in [1.82, 2.24) is 0 Å². The Hall–Kier alpha value is 0. The average molecular weight is 1320 g/mol. The van der Waals surface area contributed by atoms with Crippen molar-refractivity contribution in [3.05, 3.63) is 0 Å². The maximum atomic E-state index is 6.94. The average Bonchev–Trinajstić information content (AvgIpc) is 0.773. The standard InChI is InChI=1S/C16H30.C14H26.C12H20.C12H22.2C11H20.C10H18.C5H12.C4H10/c1-13-6-8-16(9-7-13)11-14(2,3)10-15(4,5)12-16;1-12-4-6-14(7-5-12)10-8-13(2,3)9-11-14;1-2-12-6-9-3-10(7-12)5-11(4-9)8-12;1-11-5-9-12(10-6-11)7-3-2-4-8-12;1-8-9-4-6-10(7-5-9)11(8,2)3;1-10-4-8-11(9-5-10)6-2-3-7-11;1-7-8(2)10-5-3-9(7)4-6-10;1-5(2,3)4;1-4(2)3/h13H,6-12H2,1-5H3;12H,4-11H2,1-3H3;9-11H,2-8H2,1H3;11H,2-10H2,1H3;8-10H,4-7H2,1-3H3;10H,2-9H2,1H3;7-10H,3-6H2,1-2H3;1-4H3;4H,1-3H3/t;;;;8-,9?,10?;;7-,8?,9?,10?;;/m....1.0../s1/i;;;;;;;;4D. The van der Waals surface area contributed by atoms with Gasteiger partial charge in [-0.15, -0.1) is 0 Å². The lowest BCUT2D eigenvalue weighted by molar-refractivity contribution is -0.0545. The molecule has 0 radical (unpaired) electrons. The van der Waals surface area contributed by atoms with E-state index in [1.807, 2.05) is 20.8 Å². The molecule has 0 aliphatic heterocycles. The molecule has 18 aliphatic carbocycles. The van der Waals surface area contributed by atoms with Crippen molar-refractivity contribution < 1.29 is 1.37 Å². The Bertz CT molecular complexity index is 2040. The largest absolute Gasteiger partial charge is 0.0649 e. The van der Waals surface area contributed by atoms with Crippen LogP contribution in [0.4, 0.5) is 0 Å². The zero-order valence-corrected chi connectivity index (χ0v) is 69.8. The summed E-state index contributed by atoms with van der Waals surface area (Å²) in [5.74, 6) is 14.6. The van der Waals surface area contributed by atoms with Gasteiger partial charge in [0.25, 0.3) is 0 Å². The molecule has 558 valence electrons. The molecule has 0 aromatic heterocycles. The second-order valence-corrected chi connectivity index (χ2v) is 45.4. The van der Waals surface area contributed by atoms with E-state index in [9.17, 15) is 0 Å². The van der Waals surface area contributed by atoms with Crippen LogP contribution in [0.5, 0.6) is 0 Å². The van der Waals surface area contributed by atoms with E-state index in [1.165, 1.54) is 212 Å². The van der Waals surface area contributed by atoms with Crippen LogP contribution in [-0.2, 0) is 0 Å². The van der Waals surface area contributed by atoms with Gasteiger partial charge in [-0.1, -0.05) is 249 Å². The summed E-state index contributed by atoms with van der Waals surface area (Å²) in [5, 5.41) is 0. The van der Waals surface area contributed by atoms with Gasteiger partial charge < -0.3 is 0 Å². The highest BCUT2D eigenvalue weighted by Gasteiger charge is 2.51. The molecule has 18 fully saturated rings. The molecule has 0 aromatic carbocycles. The molecule has 0 amide bonds. The monoisotopic (exact) mass is 1320 g/mol. The summed E-state index contributed by atoms with van der Waals surface area (Å²) in [4.78, 5) is 0. The van der Waals surface area contributed by atoms with Gasteiger partial charge in [0.15, 0.2) is 0 Å². The van der Waals surface area contributed by atoms with Crippen molar-refractivity contribution in [3.8, 4) is 0 Å². The zero-order valence-electron chi connectivity index (χ0n) is 70.8. The summed E-state index contributed by atoms with van der Waals surface area (Å²) >= 11 is 0. The Morgan fingerprint density at radius 2 is 0.632 bits per heavy atom. The molecule has 3 atom stereocenters. The Balaban J connectivity index is 0.000000155. The molecule has 1 unspecified atom stereocenters. The third-order valence-corrected chi connectivity index (χ3v) is 32.0. The van der Waals surface area contributed by atoms with Crippen molar-refractivity contribution >= 4 is 0 Å². The molecule has 0 N–H and O–H groups in total. The van der Waals surface area contributed by atoms with E-state index in [-0.39, 0.29) is 5.89 Å². The number of fused-ring (bicyclic) bond motifs is 6. The third kappa shape index (κ3) is 25.4. The van der Waals surface area contributed by atoms with E-state index >= 15 is 0 Å². The molecule has 0 nitrogen and oxygen atoms in total. The van der Waals surface area contributed by atoms with Crippen molar-refractivity contribution in [1.29, 1.82) is 0 Å². The van der Waals surface area contributed by atoms with Crippen molar-refractivity contribution in [2.24, 2.45) is 143 Å². The summed E-state index contributed by atoms with van der Waals surface area (Å²) in [6.45, 7) is 53.7. The quantitative estimate of drug-likeness (QED) is 0.245. The molecule has 18 saturated carbocycles. The van der Waals surface area contributed by atoms with Crippen LogP contribution in [0.2, 0.25) is 0 Å². The van der Waals surface area contributed by atoms with Crippen molar-refractivity contribution in [2.45, 2.75) is 461 Å². The lowest BCUT2D eigenvalue weighted by Gasteiger charge is -2.56. The van der Waals surface area contributed by atoms with E-state index in [4.69, 9.17) is 1.37 Å². The fourth-order valence-corrected chi connectivity index (χ4v) is 25.9. The predicted molar refractivity (Wildman–Crippen MR) is 424 cm³/mol. The number of hydrogen-bond donors (Lipinski definition) is 0. The SMILES string of the molecule is CC(C)(C)C.CC1C2CCC(CC2)[C@H]1C.CC1CCC2(CC1)CC(C)(C)CC(C)(C)C2.CC1CCC2(CC1)CCC(C)(C)CC2.CC1CCC2(CCCC2)CC1.CC1CCC2(CCCCC2)CC1.CCC12CC3CC(CC(C3)C1)C2.C[C@@H]1C2CCC(CC2)C1(C)C.[2H]C(C)(C)C. The molecular formula is C95H178. The van der Waals surface area contributed by atoms with Crippen LogP contribution < -0.4 is 0 Å². The molecule has 0 heteroatoms. The van der Waals surface area contributed by atoms with Gasteiger partial charge in [-0.2, -0.15) is 0 Å². The molecule has 95 heavy (non-hydrogen) atoms. The molecule has 0 heterocycles. The van der Waals surface area contributed by atoms with Gasteiger partial charge in [0.05, 0.1) is 0 Å². The highest BCUT2D eigenvalue weighted by molar-refractivity contribution is 5.02. The van der Waals surface area contributed by atoms with Gasteiger partial charge in [-0.25, -0.2) is 0 Å². The highest BCUT2D eigenvalue weighted by Crippen LogP contribution is 2.63. The lowest BCUT2D eigenvalue weighted by atomic mass is 9.49. The smallest absolute Gasteiger partial charge is 0.0294 e. The summed E-state index contributed by atoms with van der Waals surface area (Å²) in [5.41, 5.74) is 6.98. The van der Waals surface area contributed by atoms with Crippen molar-refractivity contribution in [3.63, 3.8) is 0 Å². The summed E-state index contributed by atoms with van der Waals surface area (Å²) < 4.78 is 6.94. The minimum atomic E-state index is -0.250. The van der Waals surface area contributed by atoms with Crippen LogP contribution in [-0.4, -0.2) is 0 Å². The van der Waals surface area contributed by atoms with Gasteiger partial charge in [-0.05, 0) is 355 Å². The maximum absolute atomic E-state index is 6.94. The summed E-state index contributed by atoms with van der Waals surface area (Å²) in [7, 11) is 0. The highest BCUT2D eigenvalue weighted by atomic mass is 14.6. The van der Waals surface area contributed by atoms with Gasteiger partial charge >= 0.3 is 0 Å². The first-order chi connectivity index (χ1) is 44.6. The zero-order chi connectivity index (χ0) is 70.8.